The van der Waals surface area contributed by atoms with Crippen LogP contribution in [0.3, 0.4) is 0 Å². The van der Waals surface area contributed by atoms with Crippen LogP contribution in [0.15, 0.2) is 48.5 Å². The van der Waals surface area contributed by atoms with Crippen molar-refractivity contribution in [3.63, 3.8) is 0 Å². The van der Waals surface area contributed by atoms with Gasteiger partial charge in [-0.1, -0.05) is 48.5 Å². The van der Waals surface area contributed by atoms with Crippen LogP contribution in [0.5, 0.6) is 0 Å². The van der Waals surface area contributed by atoms with E-state index in [0.717, 1.165) is 0 Å². The molecule has 0 aliphatic carbocycles. The smallest absolute Gasteiger partial charge is 0.00987 e. The largest absolute Gasteiger partial charge is 0.104 e. The van der Waals surface area contributed by atoms with Gasteiger partial charge in [-0.2, -0.15) is 0 Å². The first-order valence-corrected chi connectivity index (χ1v) is 6.39. The fraction of sp³-hybridized carbons (Fsp3) is 0. The molecular formula is C14H12P2. The average molecular weight is 242 g/mol. The van der Waals surface area contributed by atoms with Gasteiger partial charge in [-0.15, -0.1) is 18.5 Å². The van der Waals surface area contributed by atoms with Crippen LogP contribution in [0.2, 0.25) is 0 Å². The maximum atomic E-state index is 2.85. The molecule has 0 saturated heterocycles. The zero-order valence-electron chi connectivity index (χ0n) is 8.77. The van der Waals surface area contributed by atoms with Crippen LogP contribution in [0, 0.1) is 0 Å². The fourth-order valence-corrected chi connectivity index (χ4v) is 3.01. The first kappa shape index (κ1) is 10.2. The van der Waals surface area contributed by atoms with Gasteiger partial charge >= 0.3 is 0 Å². The number of hydrogen-bond acceptors (Lipinski definition) is 0. The normalized spacial score (nSPS) is 11.1. The fourth-order valence-electron chi connectivity index (χ4n) is 2.20. The first-order valence-electron chi connectivity index (χ1n) is 5.23. The summed E-state index contributed by atoms with van der Waals surface area (Å²) in [6.07, 6.45) is 0. The highest BCUT2D eigenvalue weighted by Gasteiger charge is 2.06. The maximum absolute atomic E-state index is 2.85. The number of hydrogen-bond donors (Lipinski definition) is 0. The van der Waals surface area contributed by atoms with Crippen LogP contribution >= 0.6 is 18.5 Å². The Hall–Kier alpha value is -0.960. The van der Waals surface area contributed by atoms with Crippen molar-refractivity contribution in [1.29, 1.82) is 0 Å². The Morgan fingerprint density at radius 3 is 1.19 bits per heavy atom. The summed E-state index contributed by atoms with van der Waals surface area (Å²) in [6, 6.07) is 17.1. The highest BCUT2D eigenvalue weighted by Crippen LogP contribution is 2.24. The van der Waals surface area contributed by atoms with Gasteiger partial charge in [0.1, 0.15) is 0 Å². The molecule has 0 heterocycles. The van der Waals surface area contributed by atoms with Crippen molar-refractivity contribution in [3.05, 3.63) is 48.5 Å². The Morgan fingerprint density at radius 2 is 0.812 bits per heavy atom. The molecule has 16 heavy (non-hydrogen) atoms. The molecule has 3 aromatic carbocycles. The van der Waals surface area contributed by atoms with Crippen LogP contribution in [0.1, 0.15) is 0 Å². The van der Waals surface area contributed by atoms with Crippen LogP contribution < -0.4 is 10.6 Å². The highest BCUT2D eigenvalue weighted by molar-refractivity contribution is 7.37. The van der Waals surface area contributed by atoms with Gasteiger partial charge in [-0.25, -0.2) is 0 Å². The van der Waals surface area contributed by atoms with Crippen LogP contribution in [0.4, 0.5) is 0 Å². The molecule has 0 N–H and O–H groups in total. The van der Waals surface area contributed by atoms with E-state index in [1.54, 1.807) is 0 Å². The van der Waals surface area contributed by atoms with E-state index in [1.807, 2.05) is 0 Å². The lowest BCUT2D eigenvalue weighted by atomic mass is 10.0. The van der Waals surface area contributed by atoms with Gasteiger partial charge in [0.2, 0.25) is 0 Å². The molecule has 0 saturated carbocycles. The third-order valence-electron chi connectivity index (χ3n) is 3.01. The van der Waals surface area contributed by atoms with Gasteiger partial charge in [0.05, 0.1) is 0 Å². The summed E-state index contributed by atoms with van der Waals surface area (Å²) in [7, 11) is 5.71. The van der Waals surface area contributed by atoms with E-state index in [9.17, 15) is 0 Å². The molecule has 2 heteroatoms. The summed E-state index contributed by atoms with van der Waals surface area (Å²) in [4.78, 5) is 0. The molecule has 2 atom stereocenters. The van der Waals surface area contributed by atoms with Gasteiger partial charge in [0.25, 0.3) is 0 Å². The summed E-state index contributed by atoms with van der Waals surface area (Å²) in [5.41, 5.74) is 0. The molecule has 0 aromatic heterocycles. The summed E-state index contributed by atoms with van der Waals surface area (Å²) >= 11 is 0. The number of benzene rings is 3. The van der Waals surface area contributed by atoms with E-state index in [2.05, 4.69) is 67.0 Å². The van der Waals surface area contributed by atoms with Crippen LogP contribution in [0.25, 0.3) is 21.5 Å². The first-order chi connectivity index (χ1) is 7.79. The Bertz CT molecular complexity index is 626. The van der Waals surface area contributed by atoms with Crippen molar-refractivity contribution in [2.75, 3.05) is 0 Å². The van der Waals surface area contributed by atoms with E-state index >= 15 is 0 Å². The van der Waals surface area contributed by atoms with Crippen molar-refractivity contribution < 1.29 is 0 Å². The quantitative estimate of drug-likeness (QED) is 0.420. The van der Waals surface area contributed by atoms with Gasteiger partial charge in [-0.3, -0.25) is 0 Å². The SMILES string of the molecule is Pc1c(P)c2ccccc2c2ccccc12. The van der Waals surface area contributed by atoms with Crippen molar-refractivity contribution >= 4 is 50.6 Å². The highest BCUT2D eigenvalue weighted by atomic mass is 31.0. The lowest BCUT2D eigenvalue weighted by molar-refractivity contribution is 1.80. The van der Waals surface area contributed by atoms with Gasteiger partial charge < -0.3 is 0 Å². The van der Waals surface area contributed by atoms with Crippen molar-refractivity contribution in [2.45, 2.75) is 0 Å². The van der Waals surface area contributed by atoms with Crippen molar-refractivity contribution in [2.24, 2.45) is 0 Å². The lowest BCUT2D eigenvalue weighted by Crippen LogP contribution is -2.13. The van der Waals surface area contributed by atoms with E-state index in [1.165, 1.54) is 32.2 Å². The van der Waals surface area contributed by atoms with Crippen LogP contribution in [-0.4, -0.2) is 0 Å². The van der Waals surface area contributed by atoms with Gasteiger partial charge in [-0.05, 0) is 32.2 Å². The summed E-state index contributed by atoms with van der Waals surface area (Å²) in [5.74, 6) is 0. The monoisotopic (exact) mass is 242 g/mol. The predicted molar refractivity (Wildman–Crippen MR) is 80.1 cm³/mol. The number of rotatable bonds is 0. The second-order valence-electron chi connectivity index (χ2n) is 3.92. The van der Waals surface area contributed by atoms with E-state index in [4.69, 9.17) is 0 Å². The topological polar surface area (TPSA) is 0 Å². The Balaban J connectivity index is 2.69. The molecule has 0 fully saturated rings. The molecule has 0 amide bonds. The second-order valence-corrected chi connectivity index (χ2v) is 5.07. The molecule has 78 valence electrons. The molecule has 0 bridgehead atoms. The summed E-state index contributed by atoms with van der Waals surface area (Å²) in [5, 5.41) is 7.84. The molecule has 2 unspecified atom stereocenters. The lowest BCUT2D eigenvalue weighted by Gasteiger charge is -2.10. The predicted octanol–water partition coefficient (Wildman–Crippen LogP) is 2.99. The Kier molecular flexibility index (Phi) is 2.43. The van der Waals surface area contributed by atoms with Crippen molar-refractivity contribution in [1.82, 2.24) is 0 Å². The summed E-state index contributed by atoms with van der Waals surface area (Å²) in [6.45, 7) is 0. The van der Waals surface area contributed by atoms with Crippen molar-refractivity contribution in [3.8, 4) is 0 Å². The minimum absolute atomic E-state index is 1.28. The standard InChI is InChI=1S/C14H12P2/c15-13-11-7-3-1-5-9(11)10-6-2-4-8-12(10)14(13)16/h1-8H,15-16H2. The third kappa shape index (κ3) is 1.38. The molecule has 3 aromatic rings. The Morgan fingerprint density at radius 1 is 0.500 bits per heavy atom. The summed E-state index contributed by atoms with van der Waals surface area (Å²) < 4.78 is 0. The maximum Gasteiger partial charge on any atom is -0.00987 e. The minimum atomic E-state index is 1.28. The minimum Gasteiger partial charge on any atom is -0.104 e. The molecule has 0 radical (unpaired) electrons. The zero-order valence-corrected chi connectivity index (χ0v) is 11.1. The second kappa shape index (κ2) is 3.81. The van der Waals surface area contributed by atoms with Gasteiger partial charge in [0.15, 0.2) is 0 Å². The zero-order chi connectivity index (χ0) is 11.1. The van der Waals surface area contributed by atoms with Crippen LogP contribution in [-0.2, 0) is 0 Å². The third-order valence-corrected chi connectivity index (χ3v) is 4.59. The molecule has 0 aliphatic rings. The number of fused-ring (bicyclic) bond motifs is 3. The Labute approximate surface area is 99.5 Å². The molecule has 0 nitrogen and oxygen atoms in total. The molecular weight excluding hydrogens is 230 g/mol. The van der Waals surface area contributed by atoms with E-state index < -0.39 is 0 Å². The average Bonchev–Trinajstić information content (AvgIpc) is 2.36. The van der Waals surface area contributed by atoms with E-state index in [-0.39, 0.29) is 0 Å². The van der Waals surface area contributed by atoms with E-state index in [0.29, 0.717) is 0 Å². The van der Waals surface area contributed by atoms with Gasteiger partial charge in [0, 0.05) is 0 Å². The molecule has 0 spiro atoms. The molecule has 0 aliphatic heterocycles. The molecule has 3 rings (SSSR count).